The van der Waals surface area contributed by atoms with E-state index in [0.29, 0.717) is 31.9 Å². The zero-order valence-electron chi connectivity index (χ0n) is 36.0. The fraction of sp³-hybridized carbons (Fsp3) is 0.0333. The molecule has 0 saturated carbocycles. The smallest absolute Gasteiger partial charge is 0.303 e. The molecular weight excluding hydrogens is 1130 g/mol. The molecule has 0 amide bonds. The summed E-state index contributed by atoms with van der Waals surface area (Å²) in [6.07, 6.45) is 20.0. The largest absolute Gasteiger partial charge is 0.432 e. The third-order valence-electron chi connectivity index (χ3n) is 7.92. The van der Waals surface area contributed by atoms with Gasteiger partial charge in [-0.25, -0.2) is 24.2 Å². The number of ether oxygens (including phenoxy) is 1. The van der Waals surface area contributed by atoms with Crippen molar-refractivity contribution in [3.63, 3.8) is 0 Å². The van der Waals surface area contributed by atoms with Crippen LogP contribution in [0.5, 0.6) is 0 Å². The van der Waals surface area contributed by atoms with Crippen LogP contribution in [0, 0.1) is 0 Å². The molecule has 0 spiro atoms. The number of anilines is 1. The van der Waals surface area contributed by atoms with Gasteiger partial charge in [0.2, 0.25) is 25.1 Å². The zero-order chi connectivity index (χ0) is 51.1. The quantitative estimate of drug-likeness (QED) is 0.228. The molecule has 15 rings (SSSR count). The third kappa shape index (κ3) is 12.2. The minimum absolute atomic E-state index is 0.0103. The molecular formula is C30H19N31O7S7. The molecule has 13 aromatic heterocycles. The van der Waals surface area contributed by atoms with Gasteiger partial charge in [0.25, 0.3) is 16.9 Å². The van der Waals surface area contributed by atoms with Gasteiger partial charge in [-0.05, 0) is 61.3 Å². The van der Waals surface area contributed by atoms with Gasteiger partial charge in [0.15, 0.2) is 34.8 Å². The average molecular weight is 1150 g/mol. The second-order valence-electron chi connectivity index (χ2n) is 12.0. The van der Waals surface area contributed by atoms with Crippen molar-refractivity contribution in [2.45, 2.75) is 16.0 Å². The van der Waals surface area contributed by atoms with E-state index in [1.54, 1.807) is 35.8 Å². The van der Waals surface area contributed by atoms with E-state index in [4.69, 9.17) is 22.8 Å². The van der Waals surface area contributed by atoms with E-state index in [9.17, 15) is 0 Å². The van der Waals surface area contributed by atoms with Crippen molar-refractivity contribution in [2.75, 3.05) is 5.01 Å². The van der Waals surface area contributed by atoms with Crippen molar-refractivity contribution in [3.05, 3.63) is 138 Å². The number of nitrogens with one attached hydrogen (secondary N) is 1. The lowest BCUT2D eigenvalue weighted by molar-refractivity contribution is 0.102. The van der Waals surface area contributed by atoms with Gasteiger partial charge in [0.1, 0.15) is 45.6 Å². The number of hydrogen-bond donors (Lipinski definition) is 1. The van der Waals surface area contributed by atoms with Crippen LogP contribution < -0.4 is 5.01 Å². The van der Waals surface area contributed by atoms with E-state index in [1.807, 2.05) is 10.8 Å². The van der Waals surface area contributed by atoms with Gasteiger partial charge in [-0.2, -0.15) is 36.2 Å². The summed E-state index contributed by atoms with van der Waals surface area (Å²) < 4.78 is 65.3. The molecule has 2 aliphatic rings. The Bertz CT molecular complexity index is 3120. The number of nitrogens with zero attached hydrogens (tertiary/aromatic N) is 30. The molecule has 45 heteroatoms. The third-order valence-corrected chi connectivity index (χ3v) is 14.1. The lowest BCUT2D eigenvalue weighted by atomic mass is 10.1. The van der Waals surface area contributed by atoms with E-state index in [0.717, 1.165) is 18.1 Å². The van der Waals surface area contributed by atoms with Gasteiger partial charge in [-0.15, -0.1) is 51.0 Å². The lowest BCUT2D eigenvalue weighted by Crippen LogP contribution is -2.44. The lowest BCUT2D eigenvalue weighted by Gasteiger charge is -2.29. The number of hydrazone groups is 1. The molecule has 0 aromatic carbocycles. The predicted octanol–water partition coefficient (Wildman–Crippen LogP) is 2.48. The molecule has 38 nitrogen and oxygen atoms in total. The van der Waals surface area contributed by atoms with Crippen molar-refractivity contribution < 1.29 is 32.0 Å². The highest BCUT2D eigenvalue weighted by Gasteiger charge is 2.57. The summed E-state index contributed by atoms with van der Waals surface area (Å²) in [5.41, 5.74) is 2.68. The Morgan fingerprint density at radius 2 is 1.57 bits per heavy atom. The monoisotopic (exact) mass is 1150 g/mol. The van der Waals surface area contributed by atoms with Gasteiger partial charge in [-0.3, -0.25) is 0 Å². The van der Waals surface area contributed by atoms with E-state index in [2.05, 4.69) is 156 Å². The van der Waals surface area contributed by atoms with Crippen LogP contribution in [0.4, 0.5) is 5.95 Å². The molecule has 13 aromatic rings. The van der Waals surface area contributed by atoms with Gasteiger partial charge >= 0.3 is 5.72 Å². The van der Waals surface area contributed by atoms with Crippen LogP contribution in [-0.4, -0.2) is 148 Å². The van der Waals surface area contributed by atoms with Crippen LogP contribution in [0.15, 0.2) is 162 Å². The summed E-state index contributed by atoms with van der Waals surface area (Å²) in [6, 6.07) is 0. The summed E-state index contributed by atoms with van der Waals surface area (Å²) in [7, 11) is -2.38. The standard InChI is InChI=1S/C10H5N11O4.C10H4N10OS4.2C2H2N2O.3C2H2N2S/c1-5(18-25-14-1)10(6-2-22-20-15-6)21(9-11-3-13-16-9)17-8(24-10)7-12-4-23-19-7;1-5(18-24-13-1)8-15-16-9(7-11-4-23-19-7)25(8,6-2-22-20-14-6)10-17-12-3-21-10;1-3-2-5-4-1;1-2-4-5-3-1;1-3-2-5-4-1;1-2-5-4-3-1;1-2-4-5-3-1/h1-4H,(H,11,13,16);1-4H;5*1-2H. The molecule has 15 heterocycles. The predicted molar refractivity (Wildman–Crippen MR) is 250 cm³/mol. The number of hydrogen-bond acceptors (Lipinski definition) is 43. The van der Waals surface area contributed by atoms with Crippen LogP contribution in [0.25, 0.3) is 0 Å². The number of H-pyrrole nitrogens is 1. The molecule has 2 unspecified atom stereocenters. The van der Waals surface area contributed by atoms with Crippen molar-refractivity contribution >= 4 is 102 Å². The highest BCUT2D eigenvalue weighted by atomic mass is 32.3. The Kier molecular flexibility index (Phi) is 17.5. The van der Waals surface area contributed by atoms with Crippen molar-refractivity contribution in [3.8, 4) is 0 Å². The number of rotatable bonds is 8. The van der Waals surface area contributed by atoms with Crippen LogP contribution in [-0.2, 0) is 10.5 Å². The molecule has 0 radical (unpaired) electrons. The molecule has 1 N–H and O–H groups in total. The molecule has 2 aliphatic heterocycles. The van der Waals surface area contributed by atoms with Crippen LogP contribution in [0.2, 0.25) is 0 Å². The molecule has 0 bridgehead atoms. The maximum absolute atomic E-state index is 6.00. The maximum Gasteiger partial charge on any atom is 0.303 e. The summed E-state index contributed by atoms with van der Waals surface area (Å²) >= 11 is 7.41. The average Bonchev–Trinajstić information content (AvgIpc) is 4.31. The Morgan fingerprint density at radius 3 is 2.09 bits per heavy atom. The molecule has 0 saturated heterocycles. The second-order valence-corrected chi connectivity index (χ2v) is 18.4. The maximum atomic E-state index is 6.00. The minimum Gasteiger partial charge on any atom is -0.432 e. The van der Waals surface area contributed by atoms with Crippen LogP contribution >= 0.6 is 79.6 Å². The first-order valence-electron chi connectivity index (χ1n) is 19.1. The highest BCUT2D eigenvalue weighted by Crippen LogP contribution is 2.67. The SMILES string of the molecule is c1cnon1.c1cnsn1.c1csnn1.c1ncon1.c1ncsn1.c1nnc(N2N=C(c3ncon3)OC2(c2conn2)c2cnon2)[nH]1.c1nnc(S2(c3csnn3)C(c3cnsn3)=NN=C2c2ncsn2)o1. The van der Waals surface area contributed by atoms with Crippen molar-refractivity contribution in [1.29, 1.82) is 0 Å². The van der Waals surface area contributed by atoms with E-state index in [-0.39, 0.29) is 29.1 Å². The summed E-state index contributed by atoms with van der Waals surface area (Å²) in [5, 5.41) is 71.6. The van der Waals surface area contributed by atoms with Gasteiger partial charge < -0.3 is 27.7 Å². The molecule has 2 atom stereocenters. The molecule has 0 aliphatic carbocycles. The Balaban J connectivity index is 0.000000126. The van der Waals surface area contributed by atoms with Crippen molar-refractivity contribution in [2.24, 2.45) is 15.3 Å². The van der Waals surface area contributed by atoms with E-state index < -0.39 is 15.8 Å². The first kappa shape index (κ1) is 50.2. The van der Waals surface area contributed by atoms with Crippen LogP contribution in [0.1, 0.15) is 28.7 Å². The number of aromatic nitrogens is 27. The minimum atomic E-state index is -2.38. The fourth-order valence-electron chi connectivity index (χ4n) is 5.24. The summed E-state index contributed by atoms with van der Waals surface area (Å²) in [6.45, 7) is 0. The Hall–Kier alpha value is -9.70. The zero-order valence-corrected chi connectivity index (χ0v) is 41.7. The van der Waals surface area contributed by atoms with Gasteiger partial charge in [0, 0.05) is 16.0 Å². The first-order valence-corrected chi connectivity index (χ1v) is 25.6. The van der Waals surface area contributed by atoms with E-state index >= 15 is 0 Å². The van der Waals surface area contributed by atoms with Crippen molar-refractivity contribution in [1.82, 2.24) is 132 Å². The highest BCUT2D eigenvalue weighted by molar-refractivity contribution is 8.56. The molecule has 75 heavy (non-hydrogen) atoms. The fourth-order valence-corrected chi connectivity index (χ4v) is 10.8. The van der Waals surface area contributed by atoms with Crippen LogP contribution in [0.3, 0.4) is 0 Å². The first-order chi connectivity index (χ1) is 37.3. The Morgan fingerprint density at radius 1 is 0.640 bits per heavy atom. The molecule has 378 valence electrons. The van der Waals surface area contributed by atoms with E-state index in [1.165, 1.54) is 119 Å². The number of aromatic amines is 1. The van der Waals surface area contributed by atoms with Gasteiger partial charge in [0.05, 0.1) is 60.6 Å². The molecule has 0 fully saturated rings. The Labute approximate surface area is 437 Å². The normalized spacial score (nSPS) is 16.7. The van der Waals surface area contributed by atoms with Gasteiger partial charge in [-0.1, -0.05) is 34.8 Å². The second kappa shape index (κ2) is 26.1. The summed E-state index contributed by atoms with van der Waals surface area (Å²) in [5.74, 6) is 0.757. The topological polar surface area (TPSA) is 479 Å². The summed E-state index contributed by atoms with van der Waals surface area (Å²) in [4.78, 5) is 18.1.